The minimum atomic E-state index is -0.308. The Hall–Kier alpha value is -2.08. The Morgan fingerprint density at radius 3 is 3.00 bits per heavy atom. The first-order chi connectivity index (χ1) is 9.70. The quantitative estimate of drug-likeness (QED) is 0.366. The highest BCUT2D eigenvalue weighted by atomic mass is 16.5. The summed E-state index contributed by atoms with van der Waals surface area (Å²) in [5, 5.41) is 11.8. The van der Waals surface area contributed by atoms with E-state index in [2.05, 4.69) is 5.16 Å². The number of rotatable bonds is 2. The van der Waals surface area contributed by atoms with E-state index in [0.717, 1.165) is 24.0 Å². The Morgan fingerprint density at radius 2 is 2.20 bits per heavy atom. The second-order valence-corrected chi connectivity index (χ2v) is 5.16. The van der Waals surface area contributed by atoms with Gasteiger partial charge in [-0.05, 0) is 36.1 Å². The molecule has 2 aliphatic heterocycles. The Kier molecular flexibility index (Phi) is 3.31. The minimum absolute atomic E-state index is 0.0752. The number of nitrogens with zero attached hydrogens (tertiary/aromatic N) is 2. The average Bonchev–Trinajstić information content (AvgIpc) is 3.13. The molecule has 0 radical (unpaired) electrons. The van der Waals surface area contributed by atoms with E-state index in [9.17, 15) is 4.79 Å². The summed E-state index contributed by atoms with van der Waals surface area (Å²) in [5.74, 6) is 0.0224. The standard InChI is InChI=1S/C14H17N3O3/c15-13(16-19)12-2-1-5-17(12)14(18)9-3-4-10-7-20-8-11(10)6-9/h3-4,6,12,19H,1-2,5,7-8H2,(H2,15,16). The van der Waals surface area contributed by atoms with Crippen LogP contribution < -0.4 is 5.73 Å². The molecule has 6 heteroatoms. The van der Waals surface area contributed by atoms with E-state index in [0.29, 0.717) is 25.3 Å². The third-order valence-corrected chi connectivity index (χ3v) is 3.94. The van der Waals surface area contributed by atoms with Gasteiger partial charge in [-0.3, -0.25) is 4.79 Å². The van der Waals surface area contributed by atoms with E-state index in [4.69, 9.17) is 15.7 Å². The molecule has 1 amide bonds. The highest BCUT2D eigenvalue weighted by Gasteiger charge is 2.32. The normalized spacial score (nSPS) is 22.1. The van der Waals surface area contributed by atoms with E-state index >= 15 is 0 Å². The molecule has 0 spiro atoms. The molecule has 20 heavy (non-hydrogen) atoms. The maximum atomic E-state index is 12.6. The van der Waals surface area contributed by atoms with E-state index < -0.39 is 0 Å². The van der Waals surface area contributed by atoms with Crippen molar-refractivity contribution in [2.24, 2.45) is 10.9 Å². The van der Waals surface area contributed by atoms with Gasteiger partial charge in [-0.2, -0.15) is 0 Å². The largest absolute Gasteiger partial charge is 0.409 e. The van der Waals surface area contributed by atoms with Crippen molar-refractivity contribution in [2.75, 3.05) is 6.54 Å². The Labute approximate surface area is 116 Å². The van der Waals surface area contributed by atoms with Crippen LogP contribution in [0.5, 0.6) is 0 Å². The molecule has 2 aliphatic rings. The van der Waals surface area contributed by atoms with Crippen LogP contribution in [0.25, 0.3) is 0 Å². The molecule has 0 aliphatic carbocycles. The molecule has 1 unspecified atom stereocenters. The van der Waals surface area contributed by atoms with Crippen molar-refractivity contribution >= 4 is 11.7 Å². The van der Waals surface area contributed by atoms with Gasteiger partial charge in [0.25, 0.3) is 5.91 Å². The van der Waals surface area contributed by atoms with E-state index in [1.54, 1.807) is 4.90 Å². The first kappa shape index (κ1) is 12.9. The van der Waals surface area contributed by atoms with Crippen molar-refractivity contribution in [3.63, 3.8) is 0 Å². The lowest BCUT2D eigenvalue weighted by atomic mass is 10.1. The van der Waals surface area contributed by atoms with Gasteiger partial charge >= 0.3 is 0 Å². The minimum Gasteiger partial charge on any atom is -0.409 e. The van der Waals surface area contributed by atoms with Gasteiger partial charge < -0.3 is 20.6 Å². The summed E-state index contributed by atoms with van der Waals surface area (Å²) in [5.41, 5.74) is 8.49. The third kappa shape index (κ3) is 2.12. The Morgan fingerprint density at radius 1 is 1.40 bits per heavy atom. The number of nitrogens with two attached hydrogens (primary N) is 1. The molecule has 1 fully saturated rings. The van der Waals surface area contributed by atoms with Crippen molar-refractivity contribution in [3.8, 4) is 0 Å². The third-order valence-electron chi connectivity index (χ3n) is 3.94. The summed E-state index contributed by atoms with van der Waals surface area (Å²) in [6, 6.07) is 5.32. The highest BCUT2D eigenvalue weighted by molar-refractivity contribution is 5.98. The number of hydrogen-bond acceptors (Lipinski definition) is 4. The van der Waals surface area contributed by atoms with Crippen LogP contribution in [-0.2, 0) is 18.0 Å². The second-order valence-electron chi connectivity index (χ2n) is 5.16. The molecular weight excluding hydrogens is 258 g/mol. The van der Waals surface area contributed by atoms with Crippen LogP contribution >= 0.6 is 0 Å². The summed E-state index contributed by atoms with van der Waals surface area (Å²) in [6.07, 6.45) is 1.59. The maximum Gasteiger partial charge on any atom is 0.254 e. The zero-order valence-corrected chi connectivity index (χ0v) is 11.1. The monoisotopic (exact) mass is 275 g/mol. The molecule has 0 aromatic heterocycles. The Bertz CT molecular complexity index is 571. The van der Waals surface area contributed by atoms with Crippen molar-refractivity contribution in [2.45, 2.75) is 32.1 Å². The van der Waals surface area contributed by atoms with Gasteiger partial charge in [-0.15, -0.1) is 0 Å². The Balaban J connectivity index is 1.85. The van der Waals surface area contributed by atoms with Crippen LogP contribution in [0.3, 0.4) is 0 Å². The van der Waals surface area contributed by atoms with Crippen LogP contribution in [0.2, 0.25) is 0 Å². The van der Waals surface area contributed by atoms with E-state index in [1.165, 1.54) is 0 Å². The van der Waals surface area contributed by atoms with E-state index in [1.807, 2.05) is 18.2 Å². The van der Waals surface area contributed by atoms with Crippen molar-refractivity contribution in [1.82, 2.24) is 4.90 Å². The molecule has 2 heterocycles. The fourth-order valence-corrected chi connectivity index (χ4v) is 2.85. The molecule has 0 saturated carbocycles. The maximum absolute atomic E-state index is 12.6. The number of amidine groups is 1. The van der Waals surface area contributed by atoms with Crippen LogP contribution in [0.15, 0.2) is 23.4 Å². The van der Waals surface area contributed by atoms with Crippen molar-refractivity contribution in [1.29, 1.82) is 0 Å². The number of benzene rings is 1. The first-order valence-electron chi connectivity index (χ1n) is 6.68. The van der Waals surface area contributed by atoms with Crippen LogP contribution in [0.4, 0.5) is 0 Å². The molecule has 1 atom stereocenters. The summed E-state index contributed by atoms with van der Waals surface area (Å²) in [7, 11) is 0. The number of ether oxygens (including phenoxy) is 1. The van der Waals surface area contributed by atoms with Crippen LogP contribution in [-0.4, -0.2) is 34.4 Å². The number of amides is 1. The lowest BCUT2D eigenvalue weighted by Crippen LogP contribution is -2.43. The molecule has 1 saturated heterocycles. The number of hydrogen-bond donors (Lipinski definition) is 2. The number of carbonyl (C=O) groups is 1. The van der Waals surface area contributed by atoms with Gasteiger partial charge in [-0.1, -0.05) is 11.2 Å². The number of likely N-dealkylation sites (tertiary alicyclic amines) is 1. The first-order valence-corrected chi connectivity index (χ1v) is 6.68. The molecular formula is C14H17N3O3. The second kappa shape index (κ2) is 5.13. The van der Waals surface area contributed by atoms with Gasteiger partial charge in [0, 0.05) is 12.1 Å². The lowest BCUT2D eigenvalue weighted by Gasteiger charge is -2.23. The molecule has 3 rings (SSSR count). The topological polar surface area (TPSA) is 88.2 Å². The molecule has 3 N–H and O–H groups in total. The fraction of sp³-hybridized carbons (Fsp3) is 0.429. The van der Waals surface area contributed by atoms with Gasteiger partial charge in [0.2, 0.25) is 0 Å². The van der Waals surface area contributed by atoms with Crippen molar-refractivity contribution in [3.05, 3.63) is 34.9 Å². The predicted octanol–water partition coefficient (Wildman–Crippen LogP) is 1.07. The number of oxime groups is 1. The predicted molar refractivity (Wildman–Crippen MR) is 72.4 cm³/mol. The fourth-order valence-electron chi connectivity index (χ4n) is 2.85. The smallest absolute Gasteiger partial charge is 0.254 e. The molecule has 0 bridgehead atoms. The number of carbonyl (C=O) groups excluding carboxylic acids is 1. The summed E-state index contributed by atoms with van der Waals surface area (Å²) >= 11 is 0. The van der Waals surface area contributed by atoms with E-state index in [-0.39, 0.29) is 17.8 Å². The van der Waals surface area contributed by atoms with Gasteiger partial charge in [0.15, 0.2) is 5.84 Å². The van der Waals surface area contributed by atoms with Crippen LogP contribution in [0.1, 0.15) is 34.3 Å². The van der Waals surface area contributed by atoms with Gasteiger partial charge in [0.05, 0.1) is 19.3 Å². The van der Waals surface area contributed by atoms with Gasteiger partial charge in [0.1, 0.15) is 0 Å². The average molecular weight is 275 g/mol. The van der Waals surface area contributed by atoms with Crippen LogP contribution in [0, 0.1) is 0 Å². The number of fused-ring (bicyclic) bond motifs is 1. The van der Waals surface area contributed by atoms with Crippen molar-refractivity contribution < 1.29 is 14.7 Å². The molecule has 106 valence electrons. The summed E-state index contributed by atoms with van der Waals surface area (Å²) in [4.78, 5) is 14.2. The molecule has 1 aromatic carbocycles. The molecule has 6 nitrogen and oxygen atoms in total. The SMILES string of the molecule is NC(=NO)C1CCCN1C(=O)c1ccc2c(c1)COC2. The zero-order valence-electron chi connectivity index (χ0n) is 11.1. The highest BCUT2D eigenvalue weighted by Crippen LogP contribution is 2.24. The zero-order chi connectivity index (χ0) is 14.1. The van der Waals surface area contributed by atoms with Gasteiger partial charge in [-0.25, -0.2) is 0 Å². The molecule has 1 aromatic rings. The lowest BCUT2D eigenvalue weighted by molar-refractivity contribution is 0.0767. The summed E-state index contributed by atoms with van der Waals surface area (Å²) in [6.45, 7) is 1.80. The summed E-state index contributed by atoms with van der Waals surface area (Å²) < 4.78 is 5.35.